The van der Waals surface area contributed by atoms with Crippen LogP contribution >= 0.6 is 0 Å². The van der Waals surface area contributed by atoms with Gasteiger partial charge in [0.2, 0.25) is 20.0 Å². The van der Waals surface area contributed by atoms with Gasteiger partial charge in [0.15, 0.2) is 0 Å². The van der Waals surface area contributed by atoms with Gasteiger partial charge in [-0.15, -0.1) is 0 Å². The summed E-state index contributed by atoms with van der Waals surface area (Å²) in [6.45, 7) is 5.24. The van der Waals surface area contributed by atoms with Crippen LogP contribution in [-0.4, -0.2) is 40.3 Å². The first kappa shape index (κ1) is 20.8. The molecule has 8 heteroatoms. The van der Waals surface area contributed by atoms with Gasteiger partial charge in [0.25, 0.3) is 0 Å². The van der Waals surface area contributed by atoms with Gasteiger partial charge in [-0.2, -0.15) is 4.31 Å². The Kier molecular flexibility index (Phi) is 6.30. The minimum Gasteiger partial charge on any atom is -0.208 e. The van der Waals surface area contributed by atoms with E-state index in [9.17, 15) is 16.8 Å². The van der Waals surface area contributed by atoms with Crippen LogP contribution in [0.15, 0.2) is 34.1 Å². The second-order valence-electron chi connectivity index (χ2n) is 8.05. The van der Waals surface area contributed by atoms with Crippen molar-refractivity contribution in [2.24, 2.45) is 11.8 Å². The number of nitrogens with zero attached hydrogens (tertiary/aromatic N) is 1. The molecule has 0 bridgehead atoms. The molecular weight excluding hydrogens is 384 g/mol. The highest BCUT2D eigenvalue weighted by Gasteiger charge is 2.30. The molecule has 1 aliphatic carbocycles. The average molecular weight is 415 g/mol. The quantitative estimate of drug-likeness (QED) is 0.803. The van der Waals surface area contributed by atoms with Crippen molar-refractivity contribution in [2.75, 3.05) is 13.1 Å². The number of rotatable bonds is 5. The third-order valence-electron chi connectivity index (χ3n) is 5.93. The molecule has 1 aliphatic heterocycles. The summed E-state index contributed by atoms with van der Waals surface area (Å²) in [7, 11) is -7.21. The van der Waals surface area contributed by atoms with E-state index in [1.54, 1.807) is 0 Å². The fourth-order valence-corrected chi connectivity index (χ4v) is 6.77. The molecule has 2 aliphatic rings. The summed E-state index contributed by atoms with van der Waals surface area (Å²) in [6.07, 6.45) is 5.76. The van der Waals surface area contributed by atoms with E-state index in [2.05, 4.69) is 18.6 Å². The monoisotopic (exact) mass is 414 g/mol. The summed E-state index contributed by atoms with van der Waals surface area (Å²) in [5.74, 6) is 0.854. The predicted molar refractivity (Wildman–Crippen MR) is 105 cm³/mol. The molecule has 3 rings (SSSR count). The number of sulfonamides is 2. The summed E-state index contributed by atoms with van der Waals surface area (Å²) in [5, 5.41) is 0. The average Bonchev–Trinajstić information content (AvgIpc) is 2.64. The molecule has 1 aromatic rings. The van der Waals surface area contributed by atoms with Crippen LogP contribution in [0.25, 0.3) is 0 Å². The summed E-state index contributed by atoms with van der Waals surface area (Å²) in [5.41, 5.74) is 0. The Balaban J connectivity index is 1.74. The zero-order chi connectivity index (χ0) is 19.7. The van der Waals surface area contributed by atoms with E-state index < -0.39 is 20.0 Å². The third kappa shape index (κ3) is 4.72. The van der Waals surface area contributed by atoms with Crippen molar-refractivity contribution in [3.8, 4) is 0 Å². The van der Waals surface area contributed by atoms with Crippen LogP contribution in [0.3, 0.4) is 0 Å². The lowest BCUT2D eigenvalue weighted by Gasteiger charge is -2.30. The lowest BCUT2D eigenvalue weighted by molar-refractivity contribution is 0.288. The van der Waals surface area contributed by atoms with Crippen molar-refractivity contribution < 1.29 is 16.8 Å². The molecule has 27 heavy (non-hydrogen) atoms. The molecule has 2 fully saturated rings. The van der Waals surface area contributed by atoms with Crippen LogP contribution in [0.5, 0.6) is 0 Å². The Morgan fingerprint density at radius 2 is 1.41 bits per heavy atom. The van der Waals surface area contributed by atoms with Crippen molar-refractivity contribution in [1.29, 1.82) is 0 Å². The van der Waals surface area contributed by atoms with Gasteiger partial charge >= 0.3 is 0 Å². The maximum absolute atomic E-state index is 12.8. The number of piperidine rings is 1. The maximum atomic E-state index is 12.8. The summed E-state index contributed by atoms with van der Waals surface area (Å²) in [6, 6.07) is 5.56. The van der Waals surface area contributed by atoms with E-state index >= 15 is 0 Å². The van der Waals surface area contributed by atoms with E-state index in [0.29, 0.717) is 24.9 Å². The lowest BCUT2D eigenvalue weighted by Crippen LogP contribution is -2.41. The molecule has 1 saturated heterocycles. The van der Waals surface area contributed by atoms with Crippen molar-refractivity contribution in [1.82, 2.24) is 9.03 Å². The van der Waals surface area contributed by atoms with Crippen molar-refractivity contribution in [2.45, 2.75) is 68.2 Å². The van der Waals surface area contributed by atoms with Gasteiger partial charge in [-0.25, -0.2) is 21.6 Å². The molecule has 2 atom stereocenters. The molecule has 0 amide bonds. The first-order chi connectivity index (χ1) is 12.7. The Morgan fingerprint density at radius 3 is 2.00 bits per heavy atom. The maximum Gasteiger partial charge on any atom is 0.243 e. The SMILES string of the molecule is CC1CCN(S(=O)(=O)c2ccc(S(=O)(=O)NC3CCCCC3C)cc2)CC1. The Morgan fingerprint density at radius 1 is 0.852 bits per heavy atom. The first-order valence-electron chi connectivity index (χ1n) is 9.83. The smallest absolute Gasteiger partial charge is 0.208 e. The van der Waals surface area contributed by atoms with Crippen LogP contribution in [-0.2, 0) is 20.0 Å². The zero-order valence-corrected chi connectivity index (χ0v) is 17.7. The van der Waals surface area contributed by atoms with E-state index in [1.807, 2.05) is 0 Å². The molecule has 1 saturated carbocycles. The molecule has 1 heterocycles. The predicted octanol–water partition coefficient (Wildman–Crippen LogP) is 2.96. The van der Waals surface area contributed by atoms with Crippen molar-refractivity contribution in [3.05, 3.63) is 24.3 Å². The molecule has 0 aromatic heterocycles. The molecule has 6 nitrogen and oxygen atoms in total. The highest BCUT2D eigenvalue weighted by Crippen LogP contribution is 2.27. The molecule has 152 valence electrons. The topological polar surface area (TPSA) is 83.6 Å². The van der Waals surface area contributed by atoms with E-state index in [1.165, 1.54) is 28.6 Å². The molecule has 0 spiro atoms. The standard InChI is InChI=1S/C19H30N2O4S2/c1-15-11-13-21(14-12-15)27(24,25)18-9-7-17(8-10-18)26(22,23)20-19-6-4-3-5-16(19)2/h7-10,15-16,19-20H,3-6,11-14H2,1-2H3. The largest absolute Gasteiger partial charge is 0.243 e. The number of nitrogens with one attached hydrogen (secondary N) is 1. The Bertz CT molecular complexity index is 842. The van der Waals surface area contributed by atoms with Gasteiger partial charge in [-0.3, -0.25) is 0 Å². The lowest BCUT2D eigenvalue weighted by atomic mass is 9.87. The van der Waals surface area contributed by atoms with Gasteiger partial charge in [-0.05, 0) is 61.8 Å². The summed E-state index contributed by atoms with van der Waals surface area (Å²) >= 11 is 0. The fourth-order valence-electron chi connectivity index (χ4n) is 3.92. The first-order valence-corrected chi connectivity index (χ1v) is 12.7. The Labute approximate surface area is 163 Å². The fraction of sp³-hybridized carbons (Fsp3) is 0.684. The minimum atomic E-state index is -3.65. The van der Waals surface area contributed by atoms with Gasteiger partial charge in [0.05, 0.1) is 9.79 Å². The second-order valence-corrected chi connectivity index (χ2v) is 11.7. The summed E-state index contributed by atoms with van der Waals surface area (Å²) in [4.78, 5) is 0.272. The van der Waals surface area contributed by atoms with Crippen molar-refractivity contribution >= 4 is 20.0 Å². The van der Waals surface area contributed by atoms with Crippen LogP contribution in [0, 0.1) is 11.8 Å². The minimum absolute atomic E-state index is 0.0532. The second kappa shape index (κ2) is 8.19. The molecule has 1 N–H and O–H groups in total. The highest BCUT2D eigenvalue weighted by molar-refractivity contribution is 7.89. The third-order valence-corrected chi connectivity index (χ3v) is 9.35. The number of hydrogen-bond acceptors (Lipinski definition) is 4. The van der Waals surface area contributed by atoms with Crippen LogP contribution in [0.2, 0.25) is 0 Å². The zero-order valence-electron chi connectivity index (χ0n) is 16.1. The van der Waals surface area contributed by atoms with Gasteiger partial charge in [0, 0.05) is 19.1 Å². The summed E-state index contributed by atoms with van der Waals surface area (Å²) < 4.78 is 55.2. The van der Waals surface area contributed by atoms with Gasteiger partial charge < -0.3 is 0 Å². The molecule has 1 aromatic carbocycles. The van der Waals surface area contributed by atoms with E-state index in [0.717, 1.165) is 38.5 Å². The van der Waals surface area contributed by atoms with Gasteiger partial charge in [0.1, 0.15) is 0 Å². The molecule has 2 unspecified atom stereocenters. The highest BCUT2D eigenvalue weighted by atomic mass is 32.2. The Hall–Kier alpha value is -0.960. The van der Waals surface area contributed by atoms with Crippen molar-refractivity contribution in [3.63, 3.8) is 0 Å². The molecule has 0 radical (unpaired) electrons. The normalized spacial score (nSPS) is 26.1. The number of hydrogen-bond donors (Lipinski definition) is 1. The van der Waals surface area contributed by atoms with Gasteiger partial charge in [-0.1, -0.05) is 26.7 Å². The van der Waals surface area contributed by atoms with Crippen LogP contribution in [0.4, 0.5) is 0 Å². The van der Waals surface area contributed by atoms with Crippen LogP contribution in [0.1, 0.15) is 52.4 Å². The number of benzene rings is 1. The van der Waals surface area contributed by atoms with Crippen LogP contribution < -0.4 is 4.72 Å². The van der Waals surface area contributed by atoms with E-state index in [4.69, 9.17) is 0 Å². The molecular formula is C19H30N2O4S2. The van der Waals surface area contributed by atoms with E-state index in [-0.39, 0.29) is 15.8 Å².